The highest BCUT2D eigenvalue weighted by Gasteiger charge is 2.14. The molecule has 0 N–H and O–H groups in total. The highest BCUT2D eigenvalue weighted by atomic mass is 35.5. The lowest BCUT2D eigenvalue weighted by Gasteiger charge is -2.11. The van der Waals surface area contributed by atoms with Gasteiger partial charge in [-0.1, -0.05) is 11.6 Å². The fourth-order valence-corrected chi connectivity index (χ4v) is 1.91. The third-order valence-electron chi connectivity index (χ3n) is 2.47. The average Bonchev–Trinajstić information content (AvgIpc) is 2.31. The summed E-state index contributed by atoms with van der Waals surface area (Å²) < 4.78 is 11.7. The molecule has 0 fully saturated rings. The molecule has 1 heterocycles. The summed E-state index contributed by atoms with van der Waals surface area (Å²) in [4.78, 5) is 15.3. The Bertz CT molecular complexity index is 637. The molecule has 6 heteroatoms. The van der Waals surface area contributed by atoms with Crippen LogP contribution in [0, 0.1) is 0 Å². The summed E-state index contributed by atoms with van der Waals surface area (Å²) in [5.41, 5.74) is 0.136. The van der Waals surface area contributed by atoms with Crippen molar-refractivity contribution >= 4 is 22.5 Å². The number of fused-ring (bicyclic) bond motifs is 1. The second-order valence-corrected chi connectivity index (χ2v) is 3.87. The maximum absolute atomic E-state index is 11.4. The van der Waals surface area contributed by atoms with Crippen LogP contribution in [0.1, 0.15) is 0 Å². The first kappa shape index (κ1) is 11.7. The van der Waals surface area contributed by atoms with Gasteiger partial charge < -0.3 is 14.0 Å². The molecule has 0 unspecified atom stereocenters. The lowest BCUT2D eigenvalue weighted by Crippen LogP contribution is -2.19. The third-order valence-corrected chi connectivity index (χ3v) is 2.84. The average molecular weight is 255 g/mol. The van der Waals surface area contributed by atoms with Crippen molar-refractivity contribution < 1.29 is 9.47 Å². The van der Waals surface area contributed by atoms with E-state index in [1.807, 2.05) is 0 Å². The predicted octanol–water partition coefficient (Wildman–Crippen LogP) is 1.60. The molecule has 0 saturated heterocycles. The van der Waals surface area contributed by atoms with Crippen molar-refractivity contribution in [1.82, 2.24) is 9.55 Å². The number of methoxy groups -OCH3 is 2. The van der Waals surface area contributed by atoms with E-state index in [2.05, 4.69) is 4.98 Å². The van der Waals surface area contributed by atoms with Crippen molar-refractivity contribution in [1.29, 1.82) is 0 Å². The molecule has 2 aromatic rings. The fraction of sp³-hybridized carbons (Fsp3) is 0.273. The summed E-state index contributed by atoms with van der Waals surface area (Å²) in [7, 11) is 4.62. The van der Waals surface area contributed by atoms with E-state index in [4.69, 9.17) is 21.1 Å². The lowest BCUT2D eigenvalue weighted by molar-refractivity contribution is 0.356. The smallest absolute Gasteiger partial charge is 0.347 e. The van der Waals surface area contributed by atoms with Crippen LogP contribution in [-0.4, -0.2) is 23.8 Å². The maximum atomic E-state index is 11.4. The number of benzene rings is 1. The number of nitrogens with zero attached hydrogens (tertiary/aromatic N) is 2. The van der Waals surface area contributed by atoms with Gasteiger partial charge in [0.2, 0.25) is 0 Å². The first-order chi connectivity index (χ1) is 8.08. The molecule has 0 radical (unpaired) electrons. The minimum Gasteiger partial charge on any atom is -0.493 e. The Hall–Kier alpha value is -1.75. The molecular formula is C11H11ClN2O3. The lowest BCUT2D eigenvalue weighted by atomic mass is 10.2. The molecule has 1 aromatic carbocycles. The van der Waals surface area contributed by atoms with Crippen molar-refractivity contribution in [3.8, 4) is 11.5 Å². The zero-order chi connectivity index (χ0) is 12.6. The molecule has 0 atom stereocenters. The van der Waals surface area contributed by atoms with E-state index in [1.54, 1.807) is 19.3 Å². The van der Waals surface area contributed by atoms with Gasteiger partial charge in [-0.05, 0) is 0 Å². The monoisotopic (exact) mass is 254 g/mol. The summed E-state index contributed by atoms with van der Waals surface area (Å²) in [5.74, 6) is 0.882. The van der Waals surface area contributed by atoms with E-state index in [0.29, 0.717) is 27.4 Å². The first-order valence-corrected chi connectivity index (χ1v) is 5.24. The van der Waals surface area contributed by atoms with Gasteiger partial charge in [-0.2, -0.15) is 4.98 Å². The zero-order valence-electron chi connectivity index (χ0n) is 9.65. The van der Waals surface area contributed by atoms with Crippen LogP contribution in [0.4, 0.5) is 0 Å². The zero-order valence-corrected chi connectivity index (χ0v) is 10.4. The van der Waals surface area contributed by atoms with Gasteiger partial charge in [0.15, 0.2) is 11.5 Å². The van der Waals surface area contributed by atoms with E-state index in [1.165, 1.54) is 18.8 Å². The van der Waals surface area contributed by atoms with Crippen LogP contribution in [0.2, 0.25) is 5.02 Å². The molecule has 0 aliphatic rings. The molecule has 17 heavy (non-hydrogen) atoms. The van der Waals surface area contributed by atoms with Crippen molar-refractivity contribution in [3.05, 3.63) is 27.8 Å². The van der Waals surface area contributed by atoms with Gasteiger partial charge in [-0.3, -0.25) is 0 Å². The number of rotatable bonds is 2. The predicted molar refractivity (Wildman–Crippen MR) is 65.1 cm³/mol. The fourth-order valence-electron chi connectivity index (χ4n) is 1.60. The van der Waals surface area contributed by atoms with Gasteiger partial charge in [0, 0.05) is 24.7 Å². The van der Waals surface area contributed by atoms with E-state index < -0.39 is 0 Å². The molecule has 0 saturated carbocycles. The molecule has 0 aliphatic heterocycles. The van der Waals surface area contributed by atoms with Crippen LogP contribution >= 0.6 is 11.6 Å². The largest absolute Gasteiger partial charge is 0.493 e. The van der Waals surface area contributed by atoms with E-state index >= 15 is 0 Å². The summed E-state index contributed by atoms with van der Waals surface area (Å²) in [5, 5.41) is 1.02. The van der Waals surface area contributed by atoms with Crippen molar-refractivity contribution in [2.75, 3.05) is 14.2 Å². The molecule has 90 valence electrons. The van der Waals surface area contributed by atoms with Crippen molar-refractivity contribution in [2.45, 2.75) is 0 Å². The Kier molecular flexibility index (Phi) is 2.93. The number of aromatic nitrogens is 2. The minimum absolute atomic E-state index is 0.346. The van der Waals surface area contributed by atoms with Gasteiger partial charge in [-0.15, -0.1) is 0 Å². The highest BCUT2D eigenvalue weighted by molar-refractivity contribution is 6.37. The quantitative estimate of drug-likeness (QED) is 0.817. The van der Waals surface area contributed by atoms with Gasteiger partial charge in [0.1, 0.15) is 0 Å². The first-order valence-electron chi connectivity index (χ1n) is 4.86. The number of halogens is 1. The number of hydrogen-bond acceptors (Lipinski definition) is 4. The second kappa shape index (κ2) is 4.25. The Morgan fingerprint density at radius 1 is 1.35 bits per heavy atom. The molecular weight excluding hydrogens is 244 g/mol. The van der Waals surface area contributed by atoms with Crippen LogP contribution in [0.25, 0.3) is 10.9 Å². The normalized spacial score (nSPS) is 10.6. The minimum atomic E-state index is -0.346. The van der Waals surface area contributed by atoms with Gasteiger partial charge in [0.05, 0.1) is 24.8 Å². The number of hydrogen-bond donors (Lipinski definition) is 0. The Morgan fingerprint density at radius 3 is 2.65 bits per heavy atom. The topological polar surface area (TPSA) is 53.3 Å². The Balaban J connectivity index is 2.90. The second-order valence-electron chi connectivity index (χ2n) is 3.49. The number of aryl methyl sites for hydroxylation is 1. The van der Waals surface area contributed by atoms with Gasteiger partial charge in [0.25, 0.3) is 0 Å². The summed E-state index contributed by atoms with van der Waals surface area (Å²) >= 11 is 6.19. The van der Waals surface area contributed by atoms with Crippen LogP contribution in [-0.2, 0) is 7.05 Å². The molecule has 5 nitrogen and oxygen atoms in total. The third kappa shape index (κ3) is 1.82. The molecule has 0 aliphatic carbocycles. The molecule has 2 rings (SSSR count). The molecule has 0 spiro atoms. The van der Waals surface area contributed by atoms with Gasteiger partial charge in [-0.25, -0.2) is 4.79 Å². The van der Waals surface area contributed by atoms with Crippen molar-refractivity contribution in [2.24, 2.45) is 7.05 Å². The van der Waals surface area contributed by atoms with Crippen LogP contribution in [0.3, 0.4) is 0 Å². The standard InChI is InChI=1S/C11H11ClN2O3/c1-14-5-6-7(13-11(14)15)4-8(16-2)10(17-3)9(6)12/h4-5H,1-3H3. The van der Waals surface area contributed by atoms with E-state index in [-0.39, 0.29) is 5.69 Å². The van der Waals surface area contributed by atoms with Crippen molar-refractivity contribution in [3.63, 3.8) is 0 Å². The highest BCUT2D eigenvalue weighted by Crippen LogP contribution is 2.39. The van der Waals surface area contributed by atoms with Crippen LogP contribution in [0.15, 0.2) is 17.1 Å². The summed E-state index contributed by atoms with van der Waals surface area (Å²) in [6, 6.07) is 1.63. The molecule has 0 bridgehead atoms. The van der Waals surface area contributed by atoms with E-state index in [0.717, 1.165) is 0 Å². The Morgan fingerprint density at radius 2 is 2.06 bits per heavy atom. The van der Waals surface area contributed by atoms with Crippen LogP contribution in [0.5, 0.6) is 11.5 Å². The number of ether oxygens (including phenoxy) is 2. The SMILES string of the molecule is COc1cc2nc(=O)n(C)cc2c(Cl)c1OC. The maximum Gasteiger partial charge on any atom is 0.347 e. The Labute approximate surface area is 103 Å². The molecule has 1 aromatic heterocycles. The van der Waals surface area contributed by atoms with Gasteiger partial charge >= 0.3 is 5.69 Å². The molecule has 0 amide bonds. The van der Waals surface area contributed by atoms with E-state index in [9.17, 15) is 4.79 Å². The summed E-state index contributed by atoms with van der Waals surface area (Å²) in [6.45, 7) is 0. The van der Waals surface area contributed by atoms with Crippen LogP contribution < -0.4 is 15.2 Å². The summed E-state index contributed by atoms with van der Waals surface area (Å²) in [6.07, 6.45) is 1.62.